The van der Waals surface area contributed by atoms with Crippen LogP contribution < -0.4 is 0 Å². The Bertz CT molecular complexity index is 1350. The largest absolute Gasteiger partial charge is 0.462 e. The van der Waals surface area contributed by atoms with Crippen molar-refractivity contribution in [2.24, 2.45) is 0 Å². The second kappa shape index (κ2) is 54.9. The number of carbonyl (C=O) groups is 3. The van der Waals surface area contributed by atoms with E-state index < -0.39 is 6.10 Å². The first-order valence-corrected chi connectivity index (χ1v) is 27.8. The summed E-state index contributed by atoms with van der Waals surface area (Å²) in [6.45, 7) is 6.41. The molecular weight excluding hydrogens is 829 g/mol. The Morgan fingerprint density at radius 2 is 0.657 bits per heavy atom. The average molecular weight is 931 g/mol. The highest BCUT2D eigenvalue weighted by Gasteiger charge is 2.19. The van der Waals surface area contributed by atoms with Gasteiger partial charge in [0.05, 0.1) is 0 Å². The highest BCUT2D eigenvalue weighted by atomic mass is 16.6. The van der Waals surface area contributed by atoms with Crippen molar-refractivity contribution >= 4 is 17.9 Å². The molecule has 0 radical (unpaired) electrons. The minimum absolute atomic E-state index is 0.107. The van der Waals surface area contributed by atoms with Crippen LogP contribution in [0.1, 0.15) is 252 Å². The van der Waals surface area contributed by atoms with E-state index in [2.05, 4.69) is 118 Å². The molecule has 6 heteroatoms. The van der Waals surface area contributed by atoms with E-state index in [-0.39, 0.29) is 37.5 Å². The van der Waals surface area contributed by atoms with Crippen LogP contribution in [0.2, 0.25) is 0 Å². The van der Waals surface area contributed by atoms with Gasteiger partial charge in [0.15, 0.2) is 6.10 Å². The molecule has 6 nitrogen and oxygen atoms in total. The predicted octanol–water partition coefficient (Wildman–Crippen LogP) is 18.5. The minimum Gasteiger partial charge on any atom is -0.462 e. The van der Waals surface area contributed by atoms with Gasteiger partial charge in [0, 0.05) is 19.3 Å². The van der Waals surface area contributed by atoms with Crippen LogP contribution in [-0.4, -0.2) is 37.2 Å². The summed E-state index contributed by atoms with van der Waals surface area (Å²) >= 11 is 0. The zero-order valence-electron chi connectivity index (χ0n) is 43.6. The molecule has 0 aromatic heterocycles. The van der Waals surface area contributed by atoms with Gasteiger partial charge in [0.25, 0.3) is 0 Å². The minimum atomic E-state index is -0.815. The second-order valence-electron chi connectivity index (χ2n) is 18.2. The van der Waals surface area contributed by atoms with Gasteiger partial charge in [-0.05, 0) is 96.3 Å². The lowest BCUT2D eigenvalue weighted by Crippen LogP contribution is -2.30. The van der Waals surface area contributed by atoms with Crippen LogP contribution in [-0.2, 0) is 28.6 Å². The third kappa shape index (κ3) is 53.2. The molecule has 0 fully saturated rings. The summed E-state index contributed by atoms with van der Waals surface area (Å²) in [4.78, 5) is 38.1. The van der Waals surface area contributed by atoms with E-state index in [9.17, 15) is 14.4 Å². The molecule has 0 rings (SSSR count). The van der Waals surface area contributed by atoms with E-state index in [1.54, 1.807) is 0 Å². The molecule has 0 spiro atoms. The lowest BCUT2D eigenvalue weighted by molar-refractivity contribution is -0.167. The topological polar surface area (TPSA) is 78.9 Å². The fourth-order valence-corrected chi connectivity index (χ4v) is 7.45. The molecular formula is C61H102O6. The fourth-order valence-electron chi connectivity index (χ4n) is 7.45. The molecule has 0 bridgehead atoms. The maximum atomic E-state index is 12.8. The summed E-state index contributed by atoms with van der Waals surface area (Å²) in [6, 6.07) is 0. The molecule has 382 valence electrons. The molecule has 0 aromatic carbocycles. The van der Waals surface area contributed by atoms with Gasteiger partial charge < -0.3 is 14.2 Å². The van der Waals surface area contributed by atoms with Crippen LogP contribution in [0.4, 0.5) is 0 Å². The maximum Gasteiger partial charge on any atom is 0.306 e. The van der Waals surface area contributed by atoms with Crippen molar-refractivity contribution < 1.29 is 28.6 Å². The molecule has 0 amide bonds. The van der Waals surface area contributed by atoms with E-state index in [0.29, 0.717) is 19.3 Å². The summed E-state index contributed by atoms with van der Waals surface area (Å²) in [5.74, 6) is -0.984. The SMILES string of the molecule is CC\C=C/C=C\C=C/CCCCCCCC(=O)OCC(COC(=O)CCCCCCCCCCCC/C=C\C=C/CCCCC)OC(=O)CCC/C=C\C/C=C\C/C=C\CCCCCCCC. The van der Waals surface area contributed by atoms with Crippen molar-refractivity contribution in [2.75, 3.05) is 13.2 Å². The van der Waals surface area contributed by atoms with Crippen molar-refractivity contribution in [2.45, 2.75) is 258 Å². The zero-order chi connectivity index (χ0) is 48.6. The fraction of sp³-hybridized carbons (Fsp3) is 0.689. The highest BCUT2D eigenvalue weighted by Crippen LogP contribution is 2.14. The molecule has 0 heterocycles. The number of hydrogen-bond acceptors (Lipinski definition) is 6. The van der Waals surface area contributed by atoms with Crippen LogP contribution in [0.25, 0.3) is 0 Å². The molecule has 1 unspecified atom stereocenters. The number of carbonyl (C=O) groups excluding carboxylic acids is 3. The summed E-state index contributed by atoms with van der Waals surface area (Å²) in [7, 11) is 0. The standard InChI is InChI=1S/C61H102O6/c1-4-7-10-13-16-19-22-25-27-29-30-32-33-36-39-42-45-48-51-54-60(63)66-57-58(56-65-59(62)53-50-47-44-41-38-35-24-21-18-15-12-9-6-3)67-61(64)55-52-49-46-43-40-37-34-31-28-26-23-20-17-14-11-8-5-2/h9,12,15-16,18-19,21-22,24-26,28,34,37,43,46,58H,4-8,10-11,13-14,17,20,23,27,29-33,35-36,38-42,44-45,47-57H2,1-3H3/b12-9-,18-15-,19-16-,24-21-,25-22-,28-26-,37-34-,46-43-. The molecule has 1 atom stereocenters. The Labute approximate surface area is 413 Å². The molecule has 67 heavy (non-hydrogen) atoms. The number of unbranched alkanes of at least 4 members (excludes halogenated alkanes) is 25. The second-order valence-corrected chi connectivity index (χ2v) is 18.2. The van der Waals surface area contributed by atoms with E-state index in [1.807, 2.05) is 0 Å². The van der Waals surface area contributed by atoms with Gasteiger partial charge in [-0.25, -0.2) is 0 Å². The number of allylic oxidation sites excluding steroid dienone is 16. The van der Waals surface area contributed by atoms with Crippen LogP contribution in [0, 0.1) is 0 Å². The third-order valence-corrected chi connectivity index (χ3v) is 11.6. The first kappa shape index (κ1) is 63.3. The average Bonchev–Trinajstić information content (AvgIpc) is 3.33. The van der Waals surface area contributed by atoms with Gasteiger partial charge in [-0.3, -0.25) is 14.4 Å². The quantitative estimate of drug-likeness (QED) is 0.0199. The zero-order valence-corrected chi connectivity index (χ0v) is 43.6. The molecule has 0 aliphatic rings. The molecule has 0 saturated heterocycles. The number of ether oxygens (including phenoxy) is 3. The monoisotopic (exact) mass is 931 g/mol. The van der Waals surface area contributed by atoms with E-state index in [1.165, 1.54) is 122 Å². The van der Waals surface area contributed by atoms with Crippen molar-refractivity contribution in [3.05, 3.63) is 97.2 Å². The Morgan fingerprint density at radius 3 is 1.12 bits per heavy atom. The van der Waals surface area contributed by atoms with Crippen LogP contribution in [0.15, 0.2) is 97.2 Å². The third-order valence-electron chi connectivity index (χ3n) is 11.6. The van der Waals surface area contributed by atoms with Crippen molar-refractivity contribution in [1.82, 2.24) is 0 Å². The summed E-state index contributed by atoms with van der Waals surface area (Å²) in [5, 5.41) is 0. The molecule has 0 aromatic rings. The maximum absolute atomic E-state index is 12.8. The van der Waals surface area contributed by atoms with Crippen LogP contribution in [0.3, 0.4) is 0 Å². The molecule has 0 aliphatic carbocycles. The highest BCUT2D eigenvalue weighted by molar-refractivity contribution is 5.71. The van der Waals surface area contributed by atoms with E-state index >= 15 is 0 Å². The molecule has 0 aliphatic heterocycles. The first-order valence-electron chi connectivity index (χ1n) is 27.8. The smallest absolute Gasteiger partial charge is 0.306 e. The first-order chi connectivity index (χ1) is 33.0. The number of rotatable bonds is 49. The van der Waals surface area contributed by atoms with Crippen molar-refractivity contribution in [1.29, 1.82) is 0 Å². The summed E-state index contributed by atoms with van der Waals surface area (Å²) < 4.78 is 16.8. The van der Waals surface area contributed by atoms with Crippen molar-refractivity contribution in [3.8, 4) is 0 Å². The Morgan fingerprint density at radius 1 is 0.328 bits per heavy atom. The Hall–Kier alpha value is -3.67. The van der Waals surface area contributed by atoms with Gasteiger partial charge in [0.1, 0.15) is 13.2 Å². The summed E-state index contributed by atoms with van der Waals surface area (Å²) in [6.07, 6.45) is 72.6. The van der Waals surface area contributed by atoms with Gasteiger partial charge in [0.2, 0.25) is 0 Å². The van der Waals surface area contributed by atoms with Gasteiger partial charge in [-0.15, -0.1) is 0 Å². The van der Waals surface area contributed by atoms with Crippen LogP contribution in [0.5, 0.6) is 0 Å². The Kier molecular flexibility index (Phi) is 51.9. The van der Waals surface area contributed by atoms with Gasteiger partial charge >= 0.3 is 17.9 Å². The molecule has 0 saturated carbocycles. The number of hydrogen-bond donors (Lipinski definition) is 0. The lowest BCUT2D eigenvalue weighted by atomic mass is 10.1. The van der Waals surface area contributed by atoms with Crippen molar-refractivity contribution in [3.63, 3.8) is 0 Å². The summed E-state index contributed by atoms with van der Waals surface area (Å²) in [5.41, 5.74) is 0. The van der Waals surface area contributed by atoms with Gasteiger partial charge in [-0.1, -0.05) is 234 Å². The van der Waals surface area contributed by atoms with Gasteiger partial charge in [-0.2, -0.15) is 0 Å². The lowest BCUT2D eigenvalue weighted by Gasteiger charge is -2.18. The van der Waals surface area contributed by atoms with E-state index in [0.717, 1.165) is 83.5 Å². The van der Waals surface area contributed by atoms with E-state index in [4.69, 9.17) is 14.2 Å². The molecule has 0 N–H and O–H groups in total. The normalized spacial score (nSPS) is 12.8. The predicted molar refractivity (Wildman–Crippen MR) is 288 cm³/mol. The Balaban J connectivity index is 4.47. The van der Waals surface area contributed by atoms with Crippen LogP contribution >= 0.6 is 0 Å². The number of esters is 3.